The molecule has 2 aliphatic rings. The Kier molecular flexibility index (Phi) is 6.34. The molecule has 9 heteroatoms. The van der Waals surface area contributed by atoms with Crippen molar-refractivity contribution in [3.63, 3.8) is 0 Å². The molecule has 0 unspecified atom stereocenters. The smallest absolute Gasteiger partial charge is 0.475 e. The van der Waals surface area contributed by atoms with E-state index in [0.29, 0.717) is 6.54 Å². The van der Waals surface area contributed by atoms with Crippen LogP contribution in [0.1, 0.15) is 32.3 Å². The zero-order chi connectivity index (χ0) is 21.1. The third-order valence-electron chi connectivity index (χ3n) is 5.07. The van der Waals surface area contributed by atoms with E-state index in [4.69, 9.17) is 15.2 Å². The standard InChI is InChI=1S/C17H21N3O.C2HF3O2/c1-13(2)20-15-6-4-3-5-14(15)17(16(20)21)7-10-19(11-8-17)12-9-18;3-2(4,5)1(6)7/h3-6,13H,7-8,10-12H2,1-2H3;(H,6,7). The van der Waals surface area contributed by atoms with E-state index in [0.717, 1.165) is 31.6 Å². The summed E-state index contributed by atoms with van der Waals surface area (Å²) in [6, 6.07) is 10.6. The number of hydrogen-bond acceptors (Lipinski definition) is 4. The van der Waals surface area contributed by atoms with Crippen molar-refractivity contribution in [1.82, 2.24) is 4.90 Å². The third-order valence-corrected chi connectivity index (χ3v) is 5.07. The first kappa shape index (κ1) is 21.7. The molecule has 1 N–H and O–H groups in total. The van der Waals surface area contributed by atoms with E-state index in [9.17, 15) is 18.0 Å². The quantitative estimate of drug-likeness (QED) is 0.776. The molecular formula is C19H22F3N3O3. The summed E-state index contributed by atoms with van der Waals surface area (Å²) in [5.41, 5.74) is 1.89. The fraction of sp³-hybridized carbons (Fsp3) is 0.526. The topological polar surface area (TPSA) is 84.6 Å². The molecule has 152 valence electrons. The third kappa shape index (κ3) is 4.12. The highest BCUT2D eigenvalue weighted by molar-refractivity contribution is 6.08. The summed E-state index contributed by atoms with van der Waals surface area (Å²) >= 11 is 0. The Bertz CT molecular complexity index is 779. The number of nitriles is 1. The number of anilines is 1. The van der Waals surface area contributed by atoms with Crippen LogP contribution in [-0.2, 0) is 15.0 Å². The molecular weight excluding hydrogens is 375 g/mol. The Labute approximate surface area is 161 Å². The molecule has 0 aromatic heterocycles. The van der Waals surface area contributed by atoms with E-state index in [2.05, 4.69) is 36.9 Å². The highest BCUT2D eigenvalue weighted by atomic mass is 19.4. The van der Waals surface area contributed by atoms with Crippen molar-refractivity contribution in [3.05, 3.63) is 29.8 Å². The van der Waals surface area contributed by atoms with Gasteiger partial charge in [-0.3, -0.25) is 9.69 Å². The highest BCUT2D eigenvalue weighted by Gasteiger charge is 2.52. The molecule has 3 rings (SSSR count). The van der Waals surface area contributed by atoms with Gasteiger partial charge in [-0.2, -0.15) is 18.4 Å². The van der Waals surface area contributed by atoms with Gasteiger partial charge in [0.15, 0.2) is 0 Å². The molecule has 1 aromatic rings. The van der Waals surface area contributed by atoms with Gasteiger partial charge in [0.25, 0.3) is 0 Å². The predicted molar refractivity (Wildman–Crippen MR) is 95.7 cm³/mol. The second kappa shape index (κ2) is 8.19. The fourth-order valence-corrected chi connectivity index (χ4v) is 3.73. The predicted octanol–water partition coefficient (Wildman–Crippen LogP) is 2.93. The number of para-hydroxylation sites is 1. The first-order chi connectivity index (χ1) is 13.0. The van der Waals surface area contributed by atoms with E-state index in [1.807, 2.05) is 17.0 Å². The minimum Gasteiger partial charge on any atom is -0.475 e. The maximum Gasteiger partial charge on any atom is 0.490 e. The summed E-state index contributed by atoms with van der Waals surface area (Å²) in [6.45, 7) is 6.23. The van der Waals surface area contributed by atoms with Crippen LogP contribution in [0.4, 0.5) is 18.9 Å². The number of piperidine rings is 1. The minimum absolute atomic E-state index is 0.176. The van der Waals surface area contributed by atoms with Crippen molar-refractivity contribution >= 4 is 17.6 Å². The Morgan fingerprint density at radius 3 is 2.29 bits per heavy atom. The largest absolute Gasteiger partial charge is 0.490 e. The average molecular weight is 397 g/mol. The first-order valence-corrected chi connectivity index (χ1v) is 8.87. The van der Waals surface area contributed by atoms with Crippen molar-refractivity contribution in [3.8, 4) is 6.07 Å². The molecule has 28 heavy (non-hydrogen) atoms. The lowest BCUT2D eigenvalue weighted by Gasteiger charge is -2.38. The SMILES string of the molecule is CC(C)N1C(=O)C2(CCN(CC#N)CC2)c2ccccc21.O=C(O)C(F)(F)F. The Balaban J connectivity index is 0.000000345. The molecule has 1 saturated heterocycles. The van der Waals surface area contributed by atoms with Gasteiger partial charge in [-0.25, -0.2) is 4.79 Å². The molecule has 0 bridgehead atoms. The number of carbonyl (C=O) groups is 2. The number of amides is 1. The normalized spacial score (nSPS) is 18.5. The van der Waals surface area contributed by atoms with Gasteiger partial charge < -0.3 is 10.0 Å². The fourth-order valence-electron chi connectivity index (χ4n) is 3.73. The molecule has 0 saturated carbocycles. The minimum atomic E-state index is -5.08. The summed E-state index contributed by atoms with van der Waals surface area (Å²) in [6.07, 6.45) is -3.46. The monoisotopic (exact) mass is 397 g/mol. The number of halogens is 3. The number of aliphatic carboxylic acids is 1. The summed E-state index contributed by atoms with van der Waals surface area (Å²) in [4.78, 5) is 26.1. The summed E-state index contributed by atoms with van der Waals surface area (Å²) < 4.78 is 31.7. The average Bonchev–Trinajstić information content (AvgIpc) is 2.86. The molecule has 0 atom stereocenters. The van der Waals surface area contributed by atoms with Gasteiger partial charge in [-0.15, -0.1) is 0 Å². The van der Waals surface area contributed by atoms with Crippen LogP contribution in [0.25, 0.3) is 0 Å². The maximum absolute atomic E-state index is 13.1. The van der Waals surface area contributed by atoms with Crippen LogP contribution >= 0.6 is 0 Å². The summed E-state index contributed by atoms with van der Waals surface area (Å²) in [5, 5.41) is 16.0. The summed E-state index contributed by atoms with van der Waals surface area (Å²) in [5.74, 6) is -2.51. The van der Waals surface area contributed by atoms with Crippen molar-refractivity contribution in [2.24, 2.45) is 0 Å². The van der Waals surface area contributed by atoms with Gasteiger partial charge in [0.05, 0.1) is 18.0 Å². The van der Waals surface area contributed by atoms with Crippen LogP contribution in [0.3, 0.4) is 0 Å². The van der Waals surface area contributed by atoms with Gasteiger partial charge in [-0.1, -0.05) is 18.2 Å². The maximum atomic E-state index is 13.1. The highest BCUT2D eigenvalue weighted by Crippen LogP contribution is 2.48. The lowest BCUT2D eigenvalue weighted by atomic mass is 9.73. The second-order valence-corrected chi connectivity index (χ2v) is 7.11. The van der Waals surface area contributed by atoms with Crippen LogP contribution in [0.15, 0.2) is 24.3 Å². The van der Waals surface area contributed by atoms with E-state index in [-0.39, 0.29) is 17.4 Å². The van der Waals surface area contributed by atoms with Gasteiger partial charge in [0, 0.05) is 24.8 Å². The van der Waals surface area contributed by atoms with Crippen LogP contribution in [0, 0.1) is 11.3 Å². The molecule has 0 radical (unpaired) electrons. The number of fused-ring (bicyclic) bond motifs is 2. The lowest BCUT2D eigenvalue weighted by Crippen LogP contribution is -2.50. The van der Waals surface area contributed by atoms with Gasteiger partial charge in [0.1, 0.15) is 0 Å². The molecule has 1 fully saturated rings. The van der Waals surface area contributed by atoms with E-state index in [1.54, 1.807) is 0 Å². The zero-order valence-corrected chi connectivity index (χ0v) is 15.7. The first-order valence-electron chi connectivity index (χ1n) is 8.87. The Morgan fingerprint density at radius 1 is 1.29 bits per heavy atom. The zero-order valence-electron chi connectivity index (χ0n) is 15.7. The summed E-state index contributed by atoms with van der Waals surface area (Å²) in [7, 11) is 0. The van der Waals surface area contributed by atoms with Crippen LogP contribution in [-0.4, -0.2) is 53.7 Å². The Hall–Kier alpha value is -2.60. The van der Waals surface area contributed by atoms with Gasteiger partial charge in [0.2, 0.25) is 5.91 Å². The van der Waals surface area contributed by atoms with Crippen LogP contribution < -0.4 is 4.90 Å². The molecule has 1 amide bonds. The number of carboxylic acid groups (broad SMARTS) is 1. The number of benzene rings is 1. The van der Waals surface area contributed by atoms with Gasteiger partial charge >= 0.3 is 12.1 Å². The van der Waals surface area contributed by atoms with Crippen molar-refractivity contribution in [1.29, 1.82) is 5.26 Å². The van der Waals surface area contributed by atoms with E-state index in [1.165, 1.54) is 5.56 Å². The number of carbonyl (C=O) groups excluding carboxylic acids is 1. The number of rotatable bonds is 2. The molecule has 6 nitrogen and oxygen atoms in total. The van der Waals surface area contributed by atoms with Crippen molar-refractivity contribution in [2.45, 2.75) is 44.3 Å². The molecule has 1 aromatic carbocycles. The number of alkyl halides is 3. The van der Waals surface area contributed by atoms with Crippen LogP contribution in [0.2, 0.25) is 0 Å². The van der Waals surface area contributed by atoms with Crippen LogP contribution in [0.5, 0.6) is 0 Å². The van der Waals surface area contributed by atoms with E-state index < -0.39 is 12.1 Å². The second-order valence-electron chi connectivity index (χ2n) is 7.11. The molecule has 2 heterocycles. The number of nitrogens with zero attached hydrogens (tertiary/aromatic N) is 3. The Morgan fingerprint density at radius 2 is 1.82 bits per heavy atom. The molecule has 0 aliphatic carbocycles. The molecule has 1 spiro atoms. The van der Waals surface area contributed by atoms with Crippen molar-refractivity contribution < 1.29 is 27.9 Å². The van der Waals surface area contributed by atoms with Gasteiger partial charge in [-0.05, 0) is 38.3 Å². The molecule has 2 aliphatic heterocycles. The number of carboxylic acids is 1. The lowest BCUT2D eigenvalue weighted by molar-refractivity contribution is -0.192. The van der Waals surface area contributed by atoms with E-state index >= 15 is 0 Å². The number of hydrogen-bond donors (Lipinski definition) is 1. The van der Waals surface area contributed by atoms with Crippen molar-refractivity contribution in [2.75, 3.05) is 24.5 Å². The number of likely N-dealkylation sites (tertiary alicyclic amines) is 1.